The number of nitrogens with two attached hydrogens (primary N) is 1. The number of nitrogens with one attached hydrogen (secondary N) is 1. The van der Waals surface area contributed by atoms with Crippen molar-refractivity contribution in [1.82, 2.24) is 5.32 Å². The predicted molar refractivity (Wildman–Crippen MR) is 78.1 cm³/mol. The SMILES string of the molecule is CCCNCCCc1ccc(OCCC)c(N)c1. The lowest BCUT2D eigenvalue weighted by Crippen LogP contribution is -2.16. The number of nitrogen functional groups attached to an aromatic ring is 1. The first kappa shape index (κ1) is 14.8. The van der Waals surface area contributed by atoms with Gasteiger partial charge in [0.05, 0.1) is 12.3 Å². The van der Waals surface area contributed by atoms with Crippen molar-refractivity contribution in [2.24, 2.45) is 0 Å². The van der Waals surface area contributed by atoms with Crippen LogP contribution in [0.25, 0.3) is 0 Å². The van der Waals surface area contributed by atoms with Crippen LogP contribution < -0.4 is 15.8 Å². The molecule has 0 aliphatic carbocycles. The summed E-state index contributed by atoms with van der Waals surface area (Å²) in [6.45, 7) is 7.18. The number of aryl methyl sites for hydroxylation is 1. The fourth-order valence-electron chi connectivity index (χ4n) is 1.82. The minimum Gasteiger partial charge on any atom is -0.491 e. The summed E-state index contributed by atoms with van der Waals surface area (Å²) in [5.74, 6) is 0.810. The van der Waals surface area contributed by atoms with Crippen molar-refractivity contribution in [3.05, 3.63) is 23.8 Å². The molecular formula is C15H26N2O. The largest absolute Gasteiger partial charge is 0.491 e. The highest BCUT2D eigenvalue weighted by molar-refractivity contribution is 5.54. The molecule has 0 bridgehead atoms. The van der Waals surface area contributed by atoms with Crippen molar-refractivity contribution < 1.29 is 4.74 Å². The smallest absolute Gasteiger partial charge is 0.142 e. The molecule has 0 saturated heterocycles. The maximum atomic E-state index is 5.97. The van der Waals surface area contributed by atoms with E-state index >= 15 is 0 Å². The Balaban J connectivity index is 2.36. The van der Waals surface area contributed by atoms with Gasteiger partial charge in [0.1, 0.15) is 5.75 Å². The first-order chi connectivity index (χ1) is 8.77. The highest BCUT2D eigenvalue weighted by Gasteiger charge is 2.01. The van der Waals surface area contributed by atoms with Crippen LogP contribution in [0, 0.1) is 0 Å². The average molecular weight is 250 g/mol. The molecule has 0 fully saturated rings. The second-order valence-electron chi connectivity index (χ2n) is 4.57. The molecule has 3 N–H and O–H groups in total. The fourth-order valence-corrected chi connectivity index (χ4v) is 1.82. The molecule has 0 spiro atoms. The zero-order valence-corrected chi connectivity index (χ0v) is 11.7. The van der Waals surface area contributed by atoms with Crippen molar-refractivity contribution in [2.45, 2.75) is 39.5 Å². The summed E-state index contributed by atoms with van der Waals surface area (Å²) >= 11 is 0. The summed E-state index contributed by atoms with van der Waals surface area (Å²) in [5.41, 5.74) is 8.01. The maximum absolute atomic E-state index is 5.97. The molecule has 0 atom stereocenters. The van der Waals surface area contributed by atoms with E-state index in [2.05, 4.69) is 25.2 Å². The van der Waals surface area contributed by atoms with E-state index in [0.717, 1.165) is 50.4 Å². The summed E-state index contributed by atoms with van der Waals surface area (Å²) in [7, 11) is 0. The van der Waals surface area contributed by atoms with Gasteiger partial charge in [0.15, 0.2) is 0 Å². The first-order valence-electron chi connectivity index (χ1n) is 6.99. The fraction of sp³-hybridized carbons (Fsp3) is 0.600. The van der Waals surface area contributed by atoms with Crippen molar-refractivity contribution in [2.75, 3.05) is 25.4 Å². The van der Waals surface area contributed by atoms with Gasteiger partial charge in [-0.25, -0.2) is 0 Å². The Kier molecular flexibility index (Phi) is 7.26. The van der Waals surface area contributed by atoms with Crippen LogP contribution in [0.4, 0.5) is 5.69 Å². The van der Waals surface area contributed by atoms with E-state index in [4.69, 9.17) is 10.5 Å². The summed E-state index contributed by atoms with van der Waals surface area (Å²) in [5, 5.41) is 3.40. The van der Waals surface area contributed by atoms with Crippen LogP contribution in [0.15, 0.2) is 18.2 Å². The Hall–Kier alpha value is -1.22. The molecule has 0 saturated carbocycles. The highest BCUT2D eigenvalue weighted by atomic mass is 16.5. The molecular weight excluding hydrogens is 224 g/mol. The van der Waals surface area contributed by atoms with Crippen LogP contribution in [0.5, 0.6) is 5.75 Å². The molecule has 0 radical (unpaired) electrons. The lowest BCUT2D eigenvalue weighted by atomic mass is 10.1. The number of anilines is 1. The monoisotopic (exact) mass is 250 g/mol. The van der Waals surface area contributed by atoms with Crippen molar-refractivity contribution in [3.8, 4) is 5.75 Å². The number of ether oxygens (including phenoxy) is 1. The minimum atomic E-state index is 0.727. The number of hydrogen-bond acceptors (Lipinski definition) is 3. The van der Waals surface area contributed by atoms with Gasteiger partial charge in [-0.05, 0) is 56.5 Å². The maximum Gasteiger partial charge on any atom is 0.142 e. The molecule has 1 aromatic carbocycles. The predicted octanol–water partition coefficient (Wildman–Crippen LogP) is 2.99. The average Bonchev–Trinajstić information content (AvgIpc) is 2.37. The Bertz CT molecular complexity index is 339. The standard InChI is InChI=1S/C15H26N2O/c1-3-9-17-10-5-6-13-7-8-15(14(16)12-13)18-11-4-2/h7-8,12,17H,3-6,9-11,16H2,1-2H3. The van der Waals surface area contributed by atoms with E-state index in [0.29, 0.717) is 0 Å². The third-order valence-electron chi connectivity index (χ3n) is 2.78. The summed E-state index contributed by atoms with van der Waals surface area (Å²) in [6, 6.07) is 6.13. The minimum absolute atomic E-state index is 0.727. The van der Waals surface area contributed by atoms with Gasteiger partial charge in [-0.2, -0.15) is 0 Å². The van der Waals surface area contributed by atoms with Gasteiger partial charge in [0.2, 0.25) is 0 Å². The molecule has 0 unspecified atom stereocenters. The van der Waals surface area contributed by atoms with E-state index in [1.807, 2.05) is 12.1 Å². The summed E-state index contributed by atoms with van der Waals surface area (Å²) in [6.07, 6.45) is 4.41. The van der Waals surface area contributed by atoms with Gasteiger partial charge in [0.25, 0.3) is 0 Å². The van der Waals surface area contributed by atoms with Gasteiger partial charge in [-0.1, -0.05) is 19.9 Å². The molecule has 0 amide bonds. The first-order valence-corrected chi connectivity index (χ1v) is 6.99. The summed E-state index contributed by atoms with van der Waals surface area (Å²) in [4.78, 5) is 0. The van der Waals surface area contributed by atoms with Gasteiger partial charge >= 0.3 is 0 Å². The lowest BCUT2D eigenvalue weighted by molar-refractivity contribution is 0.319. The van der Waals surface area contributed by atoms with Crippen molar-refractivity contribution in [1.29, 1.82) is 0 Å². The van der Waals surface area contributed by atoms with Crippen molar-refractivity contribution >= 4 is 5.69 Å². The second kappa shape index (κ2) is 8.81. The molecule has 1 aromatic rings. The zero-order chi connectivity index (χ0) is 13.2. The van der Waals surface area contributed by atoms with Crippen LogP contribution in [0.2, 0.25) is 0 Å². The van der Waals surface area contributed by atoms with E-state index in [9.17, 15) is 0 Å². The molecule has 0 aliphatic rings. The number of rotatable bonds is 9. The summed E-state index contributed by atoms with van der Waals surface area (Å²) < 4.78 is 5.56. The molecule has 102 valence electrons. The topological polar surface area (TPSA) is 47.3 Å². The molecule has 18 heavy (non-hydrogen) atoms. The van der Waals surface area contributed by atoms with E-state index in [1.54, 1.807) is 0 Å². The van der Waals surface area contributed by atoms with Gasteiger partial charge in [-0.3, -0.25) is 0 Å². The van der Waals surface area contributed by atoms with Crippen LogP contribution in [0.3, 0.4) is 0 Å². The molecule has 0 aromatic heterocycles. The van der Waals surface area contributed by atoms with E-state index in [1.165, 1.54) is 12.0 Å². The highest BCUT2D eigenvalue weighted by Crippen LogP contribution is 2.23. The Morgan fingerprint density at radius 2 is 2.00 bits per heavy atom. The van der Waals surface area contributed by atoms with Crippen molar-refractivity contribution in [3.63, 3.8) is 0 Å². The molecule has 3 heteroatoms. The van der Waals surface area contributed by atoms with Gasteiger partial charge in [-0.15, -0.1) is 0 Å². The molecule has 3 nitrogen and oxygen atoms in total. The number of benzene rings is 1. The van der Waals surface area contributed by atoms with E-state index in [-0.39, 0.29) is 0 Å². The van der Waals surface area contributed by atoms with Crippen LogP contribution in [-0.4, -0.2) is 19.7 Å². The molecule has 0 aliphatic heterocycles. The van der Waals surface area contributed by atoms with Crippen LogP contribution in [-0.2, 0) is 6.42 Å². The normalized spacial score (nSPS) is 10.6. The van der Waals surface area contributed by atoms with Crippen LogP contribution in [0.1, 0.15) is 38.7 Å². The Labute approximate surface area is 111 Å². The Morgan fingerprint density at radius 1 is 1.17 bits per heavy atom. The Morgan fingerprint density at radius 3 is 2.67 bits per heavy atom. The molecule has 1 rings (SSSR count). The second-order valence-corrected chi connectivity index (χ2v) is 4.57. The lowest BCUT2D eigenvalue weighted by Gasteiger charge is -2.10. The van der Waals surface area contributed by atoms with Crippen LogP contribution >= 0.6 is 0 Å². The van der Waals surface area contributed by atoms with E-state index < -0.39 is 0 Å². The zero-order valence-electron chi connectivity index (χ0n) is 11.7. The number of hydrogen-bond donors (Lipinski definition) is 2. The third-order valence-corrected chi connectivity index (χ3v) is 2.78. The van der Waals surface area contributed by atoms with Gasteiger partial charge < -0.3 is 15.8 Å². The quantitative estimate of drug-likeness (QED) is 0.523. The molecule has 0 heterocycles. The third kappa shape index (κ3) is 5.41. The van der Waals surface area contributed by atoms with Gasteiger partial charge in [0, 0.05) is 0 Å².